The molecule has 0 saturated carbocycles. The first kappa shape index (κ1) is 33.2. The van der Waals surface area contributed by atoms with Crippen LogP contribution in [0.4, 0.5) is 0 Å². The lowest BCUT2D eigenvalue weighted by Crippen LogP contribution is -1.93. The summed E-state index contributed by atoms with van der Waals surface area (Å²) in [6, 6.07) is 45.3. The molecule has 0 unspecified atom stereocenters. The van der Waals surface area contributed by atoms with Crippen LogP contribution in [-0.2, 0) is 0 Å². The number of fused-ring (bicyclic) bond motifs is 3. The Morgan fingerprint density at radius 1 is 0.415 bits per heavy atom. The zero-order valence-corrected chi connectivity index (χ0v) is 29.2. The fraction of sp³-hybridized carbons (Fsp3) is 0.0417. The normalized spacial score (nSPS) is 12.0. The van der Waals surface area contributed by atoms with Crippen LogP contribution in [0.25, 0.3) is 82.4 Å². The molecule has 258 valence electrons. The smallest absolute Gasteiger partial charge is 0.208 e. The minimum absolute atomic E-state index is 0.175. The van der Waals surface area contributed by atoms with Crippen molar-refractivity contribution < 1.29 is 25.5 Å². The molecule has 5 N–H and O–H groups in total. The van der Waals surface area contributed by atoms with Crippen LogP contribution in [0.15, 0.2) is 152 Å². The third-order valence-corrected chi connectivity index (χ3v) is 10.1. The van der Waals surface area contributed by atoms with E-state index in [9.17, 15) is 25.5 Å². The Hall–Kier alpha value is -6.98. The van der Waals surface area contributed by atoms with Gasteiger partial charge in [0.2, 0.25) is 17.2 Å². The van der Waals surface area contributed by atoms with Crippen molar-refractivity contribution in [3.63, 3.8) is 0 Å². The van der Waals surface area contributed by atoms with Gasteiger partial charge in [0.1, 0.15) is 0 Å². The van der Waals surface area contributed by atoms with Gasteiger partial charge in [-0.15, -0.1) is 0 Å². The van der Waals surface area contributed by atoms with Crippen LogP contribution >= 0.6 is 0 Å². The molecule has 8 aromatic rings. The Labute approximate surface area is 306 Å². The third-order valence-electron chi connectivity index (χ3n) is 10.1. The van der Waals surface area contributed by atoms with E-state index >= 15 is 0 Å². The van der Waals surface area contributed by atoms with E-state index in [1.807, 2.05) is 55.5 Å². The molecule has 8 rings (SSSR count). The van der Waals surface area contributed by atoms with E-state index in [0.29, 0.717) is 16.3 Å². The van der Waals surface area contributed by atoms with Crippen LogP contribution in [-0.4, -0.2) is 25.5 Å². The van der Waals surface area contributed by atoms with Crippen LogP contribution in [0, 0.1) is 0 Å². The lowest BCUT2D eigenvalue weighted by atomic mass is 9.84. The first-order valence-corrected chi connectivity index (χ1v) is 17.5. The molecule has 8 aromatic carbocycles. The standard InChI is InChI=1S/C48H36O5/c1-3-13-28(4-2)30-15-11-16-31(26-30)33-17-5-6-18-34(33)35-23-12-14-29-24-25-32(27-40(29)35)41-36-19-7-9-21-38(36)42(39-22-10-8-20-37(39)41)43-44(49)46(51)48(53)47(52)45(43)50/h3-27,49-53H,1-2H3/b13-3-,28-4+. The molecule has 53 heavy (non-hydrogen) atoms. The van der Waals surface area contributed by atoms with Gasteiger partial charge < -0.3 is 25.5 Å². The summed E-state index contributed by atoms with van der Waals surface area (Å²) in [5.41, 5.74) is 8.94. The summed E-state index contributed by atoms with van der Waals surface area (Å²) in [6.45, 7) is 4.08. The highest BCUT2D eigenvalue weighted by atomic mass is 16.4. The van der Waals surface area contributed by atoms with Crippen LogP contribution < -0.4 is 0 Å². The Morgan fingerprint density at radius 2 is 0.962 bits per heavy atom. The molecule has 0 atom stereocenters. The molecule has 0 radical (unpaired) electrons. The van der Waals surface area contributed by atoms with E-state index < -0.39 is 28.7 Å². The minimum atomic E-state index is -0.994. The van der Waals surface area contributed by atoms with E-state index in [2.05, 4.69) is 110 Å². The van der Waals surface area contributed by atoms with Crippen LogP contribution in [0.5, 0.6) is 28.7 Å². The second-order valence-electron chi connectivity index (χ2n) is 13.1. The van der Waals surface area contributed by atoms with Gasteiger partial charge in [-0.1, -0.05) is 140 Å². The molecule has 0 aliphatic carbocycles. The molecule has 0 saturated heterocycles. The molecule has 0 aliphatic rings. The fourth-order valence-electron chi connectivity index (χ4n) is 7.67. The van der Waals surface area contributed by atoms with Gasteiger partial charge in [-0.25, -0.2) is 0 Å². The molecule has 0 amide bonds. The lowest BCUT2D eigenvalue weighted by molar-refractivity contribution is 0.330. The monoisotopic (exact) mass is 692 g/mol. The zero-order valence-electron chi connectivity index (χ0n) is 29.2. The molecule has 0 fully saturated rings. The molecular formula is C48H36O5. The predicted molar refractivity (Wildman–Crippen MR) is 217 cm³/mol. The summed E-state index contributed by atoms with van der Waals surface area (Å²) in [6.07, 6.45) is 6.31. The first-order chi connectivity index (χ1) is 25.8. The van der Waals surface area contributed by atoms with E-state index in [1.54, 1.807) is 0 Å². The second-order valence-corrected chi connectivity index (χ2v) is 13.1. The van der Waals surface area contributed by atoms with Gasteiger partial charge in [0.25, 0.3) is 0 Å². The summed E-state index contributed by atoms with van der Waals surface area (Å²) in [5, 5.41) is 58.6. The van der Waals surface area contributed by atoms with Crippen molar-refractivity contribution in [2.75, 3.05) is 0 Å². The van der Waals surface area contributed by atoms with Crippen LogP contribution in [0.3, 0.4) is 0 Å². The molecule has 0 heterocycles. The van der Waals surface area contributed by atoms with Gasteiger partial charge in [0.15, 0.2) is 11.5 Å². The highest BCUT2D eigenvalue weighted by Crippen LogP contribution is 2.57. The van der Waals surface area contributed by atoms with Crippen molar-refractivity contribution in [2.45, 2.75) is 13.8 Å². The molecule has 0 aliphatic heterocycles. The molecule has 5 nitrogen and oxygen atoms in total. The van der Waals surface area contributed by atoms with Crippen molar-refractivity contribution in [2.24, 2.45) is 0 Å². The number of allylic oxidation sites excluding steroid dienone is 4. The van der Waals surface area contributed by atoms with Crippen molar-refractivity contribution in [3.8, 4) is 73.3 Å². The maximum absolute atomic E-state index is 11.1. The number of phenols is 5. The summed E-state index contributed by atoms with van der Waals surface area (Å²) in [7, 11) is 0. The van der Waals surface area contributed by atoms with Crippen molar-refractivity contribution in [1.29, 1.82) is 0 Å². The third kappa shape index (κ3) is 5.42. The van der Waals surface area contributed by atoms with E-state index in [0.717, 1.165) is 66.1 Å². The predicted octanol–water partition coefficient (Wildman–Crippen LogP) is 12.3. The number of rotatable bonds is 6. The zero-order chi connectivity index (χ0) is 36.8. The first-order valence-electron chi connectivity index (χ1n) is 17.5. The van der Waals surface area contributed by atoms with Crippen molar-refractivity contribution in [1.82, 2.24) is 0 Å². The quantitative estimate of drug-likeness (QED) is 0.0517. The molecular weight excluding hydrogens is 657 g/mol. The van der Waals surface area contributed by atoms with Crippen LogP contribution in [0.2, 0.25) is 0 Å². The van der Waals surface area contributed by atoms with Crippen molar-refractivity contribution >= 4 is 37.9 Å². The van der Waals surface area contributed by atoms with Gasteiger partial charge in [0, 0.05) is 5.56 Å². The highest BCUT2D eigenvalue weighted by molar-refractivity contribution is 6.23. The number of phenolic OH excluding ortho intramolecular Hbond substituents is 5. The fourth-order valence-corrected chi connectivity index (χ4v) is 7.67. The van der Waals surface area contributed by atoms with Gasteiger partial charge in [0.05, 0.1) is 5.56 Å². The summed E-state index contributed by atoms with van der Waals surface area (Å²) in [4.78, 5) is 0. The lowest BCUT2D eigenvalue weighted by Gasteiger charge is -2.20. The van der Waals surface area contributed by atoms with Crippen LogP contribution in [0.1, 0.15) is 19.4 Å². The Morgan fingerprint density at radius 3 is 1.58 bits per heavy atom. The topological polar surface area (TPSA) is 101 Å². The number of hydrogen-bond donors (Lipinski definition) is 5. The minimum Gasteiger partial charge on any atom is -0.504 e. The van der Waals surface area contributed by atoms with Gasteiger partial charge in [-0.3, -0.25) is 0 Å². The largest absolute Gasteiger partial charge is 0.504 e. The Bertz CT molecular complexity index is 2720. The number of benzene rings is 8. The van der Waals surface area contributed by atoms with E-state index in [4.69, 9.17) is 0 Å². The van der Waals surface area contributed by atoms with E-state index in [1.165, 1.54) is 0 Å². The number of aromatic hydroxyl groups is 5. The average molecular weight is 693 g/mol. The SMILES string of the molecule is C/C=C\C(=C/C)c1cccc(-c2ccccc2-c2cccc3ccc(-c4c5ccccc5c(-c5c(O)c(O)c(O)c(O)c5O)c5ccccc45)cc23)c1. The number of hydrogen-bond acceptors (Lipinski definition) is 5. The maximum atomic E-state index is 11.1. The van der Waals surface area contributed by atoms with Gasteiger partial charge >= 0.3 is 0 Å². The summed E-state index contributed by atoms with van der Waals surface area (Å²) >= 11 is 0. The summed E-state index contributed by atoms with van der Waals surface area (Å²) < 4.78 is 0. The van der Waals surface area contributed by atoms with Gasteiger partial charge in [-0.05, 0) is 103 Å². The van der Waals surface area contributed by atoms with Gasteiger partial charge in [-0.2, -0.15) is 0 Å². The molecule has 5 heteroatoms. The average Bonchev–Trinajstić information content (AvgIpc) is 3.20. The highest BCUT2D eigenvalue weighted by Gasteiger charge is 2.28. The maximum Gasteiger partial charge on any atom is 0.208 e. The molecule has 0 spiro atoms. The molecule has 0 bridgehead atoms. The Balaban J connectivity index is 1.38. The van der Waals surface area contributed by atoms with Crippen molar-refractivity contribution in [3.05, 3.63) is 157 Å². The molecule has 0 aromatic heterocycles. The second kappa shape index (κ2) is 13.3. The van der Waals surface area contributed by atoms with E-state index in [-0.39, 0.29) is 5.56 Å². The summed E-state index contributed by atoms with van der Waals surface area (Å²) in [5.74, 6) is -4.29. The Kier molecular flexibility index (Phi) is 8.32.